The van der Waals surface area contributed by atoms with Gasteiger partial charge in [0.1, 0.15) is 21.7 Å². The van der Waals surface area contributed by atoms with Crippen molar-refractivity contribution in [2.24, 2.45) is 7.05 Å². The predicted molar refractivity (Wildman–Crippen MR) is 111 cm³/mol. The molecular formula is C20H19N5O3S. The number of aryl methyl sites for hydroxylation is 1. The molecular weight excluding hydrogens is 390 g/mol. The lowest BCUT2D eigenvalue weighted by atomic mass is 10.2. The van der Waals surface area contributed by atoms with E-state index in [1.54, 1.807) is 61.6 Å². The Kier molecular flexibility index (Phi) is 5.13. The molecule has 148 valence electrons. The number of pyridine rings is 1. The quantitative estimate of drug-likeness (QED) is 0.486. The van der Waals surface area contributed by atoms with E-state index in [0.717, 1.165) is 10.3 Å². The Morgan fingerprint density at radius 2 is 1.97 bits per heavy atom. The minimum Gasteiger partial charge on any atom is -0.495 e. The first-order chi connectivity index (χ1) is 14.1. The number of ether oxygens (including phenoxy) is 2. The molecule has 0 aliphatic carbocycles. The van der Waals surface area contributed by atoms with Crippen molar-refractivity contribution in [1.29, 1.82) is 0 Å². The molecule has 0 N–H and O–H groups in total. The Bertz CT molecular complexity index is 1110. The lowest BCUT2D eigenvalue weighted by Crippen LogP contribution is -2.32. The van der Waals surface area contributed by atoms with Crippen LogP contribution in [0.25, 0.3) is 10.2 Å². The summed E-state index contributed by atoms with van der Waals surface area (Å²) >= 11 is 1.37. The number of hydrogen-bond donors (Lipinski definition) is 0. The Morgan fingerprint density at radius 1 is 1.17 bits per heavy atom. The van der Waals surface area contributed by atoms with E-state index in [1.807, 2.05) is 18.2 Å². The van der Waals surface area contributed by atoms with Gasteiger partial charge in [0.15, 0.2) is 11.0 Å². The second-order valence-electron chi connectivity index (χ2n) is 6.26. The van der Waals surface area contributed by atoms with Crippen molar-refractivity contribution in [3.05, 3.63) is 60.4 Å². The molecule has 1 aromatic carbocycles. The van der Waals surface area contributed by atoms with E-state index in [2.05, 4.69) is 9.97 Å². The van der Waals surface area contributed by atoms with Gasteiger partial charge in [0, 0.05) is 31.8 Å². The molecule has 0 unspecified atom stereocenters. The maximum atomic E-state index is 13.3. The summed E-state index contributed by atoms with van der Waals surface area (Å²) in [4.78, 5) is 28.0. The summed E-state index contributed by atoms with van der Waals surface area (Å²) in [5.41, 5.74) is 1.53. The number of aromatic nitrogens is 4. The number of methoxy groups -OCH3 is 2. The summed E-state index contributed by atoms with van der Waals surface area (Å²) in [6.45, 7) is 0.310. The molecule has 3 heterocycles. The smallest absolute Gasteiger partial charge is 0.296 e. The average molecular weight is 409 g/mol. The molecule has 0 bridgehead atoms. The lowest BCUT2D eigenvalue weighted by Gasteiger charge is -2.19. The molecule has 0 saturated carbocycles. The maximum absolute atomic E-state index is 13.3. The summed E-state index contributed by atoms with van der Waals surface area (Å²) in [5, 5.41) is 0.527. The fourth-order valence-corrected chi connectivity index (χ4v) is 4.05. The highest BCUT2D eigenvalue weighted by atomic mass is 32.1. The number of carbonyl (C=O) groups is 1. The van der Waals surface area contributed by atoms with Crippen LogP contribution in [0.2, 0.25) is 0 Å². The van der Waals surface area contributed by atoms with Crippen LogP contribution in [0.4, 0.5) is 5.13 Å². The Hall–Kier alpha value is -3.46. The van der Waals surface area contributed by atoms with E-state index in [9.17, 15) is 4.79 Å². The van der Waals surface area contributed by atoms with Crippen LogP contribution in [0.15, 0.2) is 49.1 Å². The highest BCUT2D eigenvalue weighted by Crippen LogP contribution is 2.40. The minimum atomic E-state index is -0.252. The van der Waals surface area contributed by atoms with E-state index in [4.69, 9.17) is 14.5 Å². The van der Waals surface area contributed by atoms with Crippen molar-refractivity contribution in [2.45, 2.75) is 6.54 Å². The van der Waals surface area contributed by atoms with Gasteiger partial charge in [0.25, 0.3) is 5.91 Å². The van der Waals surface area contributed by atoms with Gasteiger partial charge in [-0.3, -0.25) is 14.7 Å². The molecule has 1 amide bonds. The van der Waals surface area contributed by atoms with Crippen molar-refractivity contribution >= 4 is 32.6 Å². The van der Waals surface area contributed by atoms with Gasteiger partial charge < -0.3 is 14.0 Å². The van der Waals surface area contributed by atoms with Gasteiger partial charge in [0.2, 0.25) is 0 Å². The van der Waals surface area contributed by atoms with E-state index >= 15 is 0 Å². The van der Waals surface area contributed by atoms with Gasteiger partial charge in [-0.15, -0.1) is 0 Å². The molecule has 0 aliphatic heterocycles. The third-order valence-electron chi connectivity index (χ3n) is 4.45. The molecule has 4 rings (SSSR count). The molecule has 0 spiro atoms. The lowest BCUT2D eigenvalue weighted by molar-refractivity contribution is 0.0972. The molecule has 4 aromatic rings. The average Bonchev–Trinajstić information content (AvgIpc) is 3.38. The van der Waals surface area contributed by atoms with Gasteiger partial charge in [0.05, 0.1) is 20.8 Å². The second-order valence-corrected chi connectivity index (χ2v) is 7.24. The van der Waals surface area contributed by atoms with Gasteiger partial charge in [-0.05, 0) is 23.8 Å². The molecule has 3 aromatic heterocycles. The van der Waals surface area contributed by atoms with E-state index < -0.39 is 0 Å². The van der Waals surface area contributed by atoms with Gasteiger partial charge in [-0.25, -0.2) is 9.97 Å². The minimum absolute atomic E-state index is 0.252. The first-order valence-electron chi connectivity index (χ1n) is 8.82. The van der Waals surface area contributed by atoms with Crippen LogP contribution in [0.1, 0.15) is 16.2 Å². The fourth-order valence-electron chi connectivity index (χ4n) is 2.98. The normalized spacial score (nSPS) is 10.9. The van der Waals surface area contributed by atoms with Crippen molar-refractivity contribution in [2.75, 3.05) is 19.1 Å². The SMILES string of the molecule is COc1ccc(OC)c2sc(N(Cc3cccnc3)C(=O)c3nccn3C)nc12. The zero-order chi connectivity index (χ0) is 20.4. The molecule has 29 heavy (non-hydrogen) atoms. The van der Waals surface area contributed by atoms with Crippen molar-refractivity contribution in [1.82, 2.24) is 19.5 Å². The fraction of sp³-hybridized carbons (Fsp3) is 0.200. The van der Waals surface area contributed by atoms with Crippen LogP contribution >= 0.6 is 11.3 Å². The van der Waals surface area contributed by atoms with Crippen LogP contribution < -0.4 is 14.4 Å². The van der Waals surface area contributed by atoms with Gasteiger partial charge in [-0.1, -0.05) is 17.4 Å². The van der Waals surface area contributed by atoms with Crippen LogP contribution in [0, 0.1) is 0 Å². The number of hydrogen-bond acceptors (Lipinski definition) is 7. The summed E-state index contributed by atoms with van der Waals surface area (Å²) in [6, 6.07) is 7.38. The second kappa shape index (κ2) is 7.88. The molecule has 0 aliphatic rings. The van der Waals surface area contributed by atoms with Gasteiger partial charge in [-0.2, -0.15) is 0 Å². The van der Waals surface area contributed by atoms with Crippen LogP contribution in [0.5, 0.6) is 11.5 Å². The highest BCUT2D eigenvalue weighted by Gasteiger charge is 2.26. The first kappa shape index (κ1) is 18.9. The summed E-state index contributed by atoms with van der Waals surface area (Å²) in [5.74, 6) is 1.37. The number of thiazole rings is 1. The van der Waals surface area contributed by atoms with E-state index in [-0.39, 0.29) is 5.91 Å². The number of nitrogens with zero attached hydrogens (tertiary/aromatic N) is 5. The van der Waals surface area contributed by atoms with Crippen LogP contribution in [-0.4, -0.2) is 39.6 Å². The van der Waals surface area contributed by atoms with Gasteiger partial charge >= 0.3 is 0 Å². The summed E-state index contributed by atoms with van der Waals surface area (Å²) < 4.78 is 13.4. The predicted octanol–water partition coefficient (Wildman–Crippen LogP) is 3.29. The third kappa shape index (κ3) is 3.52. The topological polar surface area (TPSA) is 82.4 Å². The summed E-state index contributed by atoms with van der Waals surface area (Å²) in [6.07, 6.45) is 6.76. The van der Waals surface area contributed by atoms with Crippen LogP contribution in [-0.2, 0) is 13.6 Å². The Labute approximate surface area is 171 Å². The maximum Gasteiger partial charge on any atom is 0.296 e. The van der Waals surface area contributed by atoms with Crippen molar-refractivity contribution in [3.8, 4) is 11.5 Å². The highest BCUT2D eigenvalue weighted by molar-refractivity contribution is 7.22. The van der Waals surface area contributed by atoms with Crippen LogP contribution in [0.3, 0.4) is 0 Å². The monoisotopic (exact) mass is 409 g/mol. The molecule has 0 saturated heterocycles. The molecule has 0 fully saturated rings. The largest absolute Gasteiger partial charge is 0.495 e. The van der Waals surface area contributed by atoms with E-state index in [0.29, 0.717) is 34.5 Å². The Morgan fingerprint density at radius 3 is 2.62 bits per heavy atom. The summed E-state index contributed by atoms with van der Waals surface area (Å²) in [7, 11) is 4.98. The standard InChI is InChI=1S/C20H19N5O3S/c1-24-10-9-22-18(24)19(26)25(12-13-5-4-8-21-11-13)20-23-16-14(27-2)6-7-15(28-3)17(16)29-20/h4-11H,12H2,1-3H3. The molecule has 0 atom stereocenters. The zero-order valence-electron chi connectivity index (χ0n) is 16.2. The van der Waals surface area contributed by atoms with Crippen molar-refractivity contribution in [3.63, 3.8) is 0 Å². The molecule has 0 radical (unpaired) electrons. The number of fused-ring (bicyclic) bond motifs is 1. The number of carbonyl (C=O) groups excluding carboxylic acids is 1. The number of amides is 1. The third-order valence-corrected chi connectivity index (χ3v) is 5.54. The molecule has 8 nitrogen and oxygen atoms in total. The number of rotatable bonds is 6. The molecule has 9 heteroatoms. The number of benzene rings is 1. The zero-order valence-corrected chi connectivity index (χ0v) is 17.0. The van der Waals surface area contributed by atoms with Crippen molar-refractivity contribution < 1.29 is 14.3 Å². The first-order valence-corrected chi connectivity index (χ1v) is 9.63. The number of anilines is 1. The van der Waals surface area contributed by atoms with E-state index in [1.165, 1.54) is 11.3 Å². The number of imidazole rings is 1. The Balaban J connectivity index is 1.84.